The van der Waals surface area contributed by atoms with E-state index in [2.05, 4.69) is 39.8 Å². The first kappa shape index (κ1) is 16.1. The summed E-state index contributed by atoms with van der Waals surface area (Å²) in [4.78, 5) is 2.28. The molecule has 0 aromatic rings. The molecule has 0 aromatic heterocycles. The minimum Gasteiger partial charge on any atom is -0.417 e. The van der Waals surface area contributed by atoms with Gasteiger partial charge in [0.1, 0.15) is 0 Å². The van der Waals surface area contributed by atoms with Crippen LogP contribution in [0.2, 0.25) is 18.1 Å². The lowest BCUT2D eigenvalue weighted by Crippen LogP contribution is -2.38. The molecule has 0 spiro atoms. The Morgan fingerprint density at radius 1 is 0.938 bits per heavy atom. The van der Waals surface area contributed by atoms with Crippen LogP contribution in [-0.2, 0) is 4.43 Å². The highest BCUT2D eigenvalue weighted by molar-refractivity contribution is 6.73. The maximum atomic E-state index is 6.21. The molecule has 0 atom stereocenters. The SMILES string of the molecule is CCC[Si](CCC)(CCCN(C)C)OCC. The molecular formula is C13H31NOSi. The van der Waals surface area contributed by atoms with Crippen LogP contribution in [0.1, 0.15) is 40.0 Å². The molecule has 0 aliphatic heterocycles. The molecule has 16 heavy (non-hydrogen) atoms. The van der Waals surface area contributed by atoms with Gasteiger partial charge in [0.15, 0.2) is 8.32 Å². The molecule has 0 unspecified atom stereocenters. The lowest BCUT2D eigenvalue weighted by molar-refractivity contribution is 0.312. The molecule has 0 heterocycles. The molecule has 0 aliphatic rings. The Morgan fingerprint density at radius 3 is 1.88 bits per heavy atom. The standard InChI is InChI=1S/C13H31NOSi/c1-6-11-16(12-7-2,15-8-3)13-9-10-14(4)5/h6-13H2,1-5H3. The second-order valence-electron chi connectivity index (χ2n) is 5.02. The van der Waals surface area contributed by atoms with E-state index in [1.54, 1.807) is 0 Å². The molecule has 3 heteroatoms. The molecule has 0 bridgehead atoms. The van der Waals surface area contributed by atoms with Gasteiger partial charge < -0.3 is 9.33 Å². The van der Waals surface area contributed by atoms with Gasteiger partial charge in [-0.25, -0.2) is 0 Å². The predicted molar refractivity (Wildman–Crippen MR) is 75.6 cm³/mol. The van der Waals surface area contributed by atoms with Crippen LogP contribution < -0.4 is 0 Å². The third kappa shape index (κ3) is 6.66. The van der Waals surface area contributed by atoms with Gasteiger partial charge in [-0.1, -0.05) is 26.7 Å². The molecule has 0 amide bonds. The Balaban J connectivity index is 4.23. The van der Waals surface area contributed by atoms with Crippen molar-refractivity contribution in [3.63, 3.8) is 0 Å². The topological polar surface area (TPSA) is 12.5 Å². The first-order valence-electron chi connectivity index (χ1n) is 6.89. The summed E-state index contributed by atoms with van der Waals surface area (Å²) in [5.41, 5.74) is 0. The first-order chi connectivity index (χ1) is 7.60. The van der Waals surface area contributed by atoms with Crippen molar-refractivity contribution in [1.82, 2.24) is 4.90 Å². The van der Waals surface area contributed by atoms with Gasteiger partial charge in [0, 0.05) is 6.61 Å². The second-order valence-corrected chi connectivity index (χ2v) is 9.18. The van der Waals surface area contributed by atoms with Gasteiger partial charge in [-0.2, -0.15) is 0 Å². The fourth-order valence-electron chi connectivity index (χ4n) is 2.53. The maximum Gasteiger partial charge on any atom is 0.192 e. The van der Waals surface area contributed by atoms with Crippen molar-refractivity contribution in [3.05, 3.63) is 0 Å². The lowest BCUT2D eigenvalue weighted by atomic mass is 10.4. The summed E-state index contributed by atoms with van der Waals surface area (Å²) < 4.78 is 6.21. The molecule has 0 saturated carbocycles. The fourth-order valence-corrected chi connectivity index (χ4v) is 6.95. The van der Waals surface area contributed by atoms with Crippen molar-refractivity contribution in [2.24, 2.45) is 0 Å². The van der Waals surface area contributed by atoms with Crippen LogP contribution in [0.25, 0.3) is 0 Å². The summed E-state index contributed by atoms with van der Waals surface area (Å²) in [7, 11) is 2.92. The number of hydrogen-bond donors (Lipinski definition) is 0. The van der Waals surface area contributed by atoms with Crippen LogP contribution in [0.3, 0.4) is 0 Å². The highest BCUT2D eigenvalue weighted by atomic mass is 28.4. The summed E-state index contributed by atoms with van der Waals surface area (Å²) in [6.07, 6.45) is 3.88. The Hall–Kier alpha value is 0.137. The second kappa shape index (κ2) is 9.20. The van der Waals surface area contributed by atoms with Crippen molar-refractivity contribution in [2.75, 3.05) is 27.2 Å². The number of nitrogens with zero attached hydrogens (tertiary/aromatic N) is 1. The van der Waals surface area contributed by atoms with Gasteiger partial charge in [0.25, 0.3) is 0 Å². The van der Waals surface area contributed by atoms with E-state index in [4.69, 9.17) is 4.43 Å². The van der Waals surface area contributed by atoms with E-state index in [1.807, 2.05) is 0 Å². The van der Waals surface area contributed by atoms with Crippen molar-refractivity contribution < 1.29 is 4.43 Å². The Labute approximate surface area is 103 Å². The van der Waals surface area contributed by atoms with Gasteiger partial charge in [0.2, 0.25) is 0 Å². The third-order valence-electron chi connectivity index (χ3n) is 3.10. The van der Waals surface area contributed by atoms with Crippen molar-refractivity contribution >= 4 is 8.32 Å². The zero-order valence-electron chi connectivity index (χ0n) is 12.0. The highest BCUT2D eigenvalue weighted by Gasteiger charge is 2.31. The molecule has 0 N–H and O–H groups in total. The van der Waals surface area contributed by atoms with E-state index in [1.165, 1.54) is 43.9 Å². The van der Waals surface area contributed by atoms with Crippen LogP contribution in [-0.4, -0.2) is 40.5 Å². The van der Waals surface area contributed by atoms with Crippen LogP contribution in [0, 0.1) is 0 Å². The molecular weight excluding hydrogens is 214 g/mol. The Morgan fingerprint density at radius 2 is 1.50 bits per heavy atom. The summed E-state index contributed by atoms with van der Waals surface area (Å²) in [6, 6.07) is 4.05. The van der Waals surface area contributed by atoms with Gasteiger partial charge >= 0.3 is 0 Å². The number of rotatable bonds is 10. The van der Waals surface area contributed by atoms with Crippen LogP contribution in [0.5, 0.6) is 0 Å². The molecule has 0 fully saturated rings. The lowest BCUT2D eigenvalue weighted by Gasteiger charge is -2.31. The third-order valence-corrected chi connectivity index (χ3v) is 8.09. The minimum absolute atomic E-state index is 0.911. The van der Waals surface area contributed by atoms with E-state index in [0.717, 1.165) is 6.61 Å². The smallest absolute Gasteiger partial charge is 0.192 e. The Kier molecular flexibility index (Phi) is 9.28. The summed E-state index contributed by atoms with van der Waals surface area (Å²) in [6.45, 7) is 8.85. The van der Waals surface area contributed by atoms with E-state index >= 15 is 0 Å². The average molecular weight is 245 g/mol. The average Bonchev–Trinajstić information content (AvgIpc) is 2.18. The van der Waals surface area contributed by atoms with Crippen LogP contribution in [0.4, 0.5) is 0 Å². The summed E-state index contributed by atoms with van der Waals surface area (Å²) in [5.74, 6) is 0. The summed E-state index contributed by atoms with van der Waals surface area (Å²) in [5, 5.41) is 0. The zero-order chi connectivity index (χ0) is 12.4. The van der Waals surface area contributed by atoms with E-state index in [0.29, 0.717) is 0 Å². The van der Waals surface area contributed by atoms with Crippen molar-refractivity contribution in [2.45, 2.75) is 58.2 Å². The van der Waals surface area contributed by atoms with Crippen molar-refractivity contribution in [3.8, 4) is 0 Å². The molecule has 0 aliphatic carbocycles. The molecule has 98 valence electrons. The largest absolute Gasteiger partial charge is 0.417 e. The van der Waals surface area contributed by atoms with Crippen LogP contribution >= 0.6 is 0 Å². The molecule has 0 radical (unpaired) electrons. The molecule has 0 aromatic carbocycles. The molecule has 0 rings (SSSR count). The Bertz CT molecular complexity index is 145. The quantitative estimate of drug-likeness (QED) is 0.544. The normalized spacial score (nSPS) is 12.4. The van der Waals surface area contributed by atoms with Gasteiger partial charge in [-0.05, 0) is 52.1 Å². The van der Waals surface area contributed by atoms with Crippen LogP contribution in [0.15, 0.2) is 0 Å². The fraction of sp³-hybridized carbons (Fsp3) is 1.00. The van der Waals surface area contributed by atoms with Gasteiger partial charge in [0.05, 0.1) is 0 Å². The van der Waals surface area contributed by atoms with Crippen molar-refractivity contribution in [1.29, 1.82) is 0 Å². The first-order valence-corrected chi connectivity index (χ1v) is 9.42. The molecule has 0 saturated heterocycles. The van der Waals surface area contributed by atoms with E-state index < -0.39 is 8.32 Å². The maximum absolute atomic E-state index is 6.21. The van der Waals surface area contributed by atoms with Gasteiger partial charge in [-0.3, -0.25) is 0 Å². The van der Waals surface area contributed by atoms with E-state index in [9.17, 15) is 0 Å². The minimum atomic E-state index is -1.39. The number of hydrogen-bond acceptors (Lipinski definition) is 2. The monoisotopic (exact) mass is 245 g/mol. The molecule has 2 nitrogen and oxygen atoms in total. The highest BCUT2D eigenvalue weighted by Crippen LogP contribution is 2.27. The zero-order valence-corrected chi connectivity index (χ0v) is 13.0. The predicted octanol–water partition coefficient (Wildman–Crippen LogP) is 3.74. The van der Waals surface area contributed by atoms with E-state index in [-0.39, 0.29) is 0 Å². The summed E-state index contributed by atoms with van der Waals surface area (Å²) >= 11 is 0. The van der Waals surface area contributed by atoms with Gasteiger partial charge in [-0.15, -0.1) is 0 Å².